The standard InChI is InChI=1S/C17H11NO3/c19-16-14-13(8-9-18-16)17(20)21-15(14)12-7-3-5-10-4-1-2-6-11(10)12/h1-9,15H,(H,18,19). The first-order valence-electron chi connectivity index (χ1n) is 6.66. The van der Waals surface area contributed by atoms with Crippen molar-refractivity contribution in [2.75, 3.05) is 0 Å². The molecule has 0 saturated heterocycles. The highest BCUT2D eigenvalue weighted by Gasteiger charge is 2.35. The smallest absolute Gasteiger partial charge is 0.339 e. The van der Waals surface area contributed by atoms with E-state index in [0.29, 0.717) is 11.1 Å². The van der Waals surface area contributed by atoms with Gasteiger partial charge in [0.05, 0.1) is 11.1 Å². The number of carbonyl (C=O) groups excluding carboxylic acids is 1. The van der Waals surface area contributed by atoms with Crippen LogP contribution >= 0.6 is 0 Å². The van der Waals surface area contributed by atoms with Gasteiger partial charge in [0.25, 0.3) is 5.56 Å². The molecule has 0 aliphatic carbocycles. The Bertz CT molecular complexity index is 921. The third-order valence-electron chi connectivity index (χ3n) is 3.81. The van der Waals surface area contributed by atoms with Crippen LogP contribution in [-0.2, 0) is 4.74 Å². The zero-order chi connectivity index (χ0) is 14.4. The van der Waals surface area contributed by atoms with Crippen LogP contribution in [0.2, 0.25) is 0 Å². The van der Waals surface area contributed by atoms with Crippen LogP contribution in [0.4, 0.5) is 0 Å². The molecule has 21 heavy (non-hydrogen) atoms. The average molecular weight is 277 g/mol. The Morgan fingerprint density at radius 2 is 1.76 bits per heavy atom. The van der Waals surface area contributed by atoms with Crippen molar-refractivity contribution in [3.8, 4) is 0 Å². The Morgan fingerprint density at radius 3 is 2.67 bits per heavy atom. The van der Waals surface area contributed by atoms with Crippen LogP contribution in [0.25, 0.3) is 10.8 Å². The molecular weight excluding hydrogens is 266 g/mol. The maximum absolute atomic E-state index is 12.1. The predicted octanol–water partition coefficient (Wildman–Crippen LogP) is 2.79. The first-order chi connectivity index (χ1) is 10.3. The number of aromatic nitrogens is 1. The van der Waals surface area contributed by atoms with Crippen LogP contribution in [0.3, 0.4) is 0 Å². The summed E-state index contributed by atoms with van der Waals surface area (Å²) in [5, 5.41) is 2.03. The molecule has 1 N–H and O–H groups in total. The van der Waals surface area contributed by atoms with E-state index in [1.165, 1.54) is 6.20 Å². The van der Waals surface area contributed by atoms with Gasteiger partial charge in [0.15, 0.2) is 6.10 Å². The molecule has 0 radical (unpaired) electrons. The minimum atomic E-state index is -0.649. The van der Waals surface area contributed by atoms with Gasteiger partial charge in [-0.1, -0.05) is 42.5 Å². The third-order valence-corrected chi connectivity index (χ3v) is 3.81. The van der Waals surface area contributed by atoms with Gasteiger partial charge in [-0.2, -0.15) is 0 Å². The van der Waals surface area contributed by atoms with E-state index in [2.05, 4.69) is 4.98 Å². The van der Waals surface area contributed by atoms with E-state index in [9.17, 15) is 9.59 Å². The molecule has 4 heteroatoms. The summed E-state index contributed by atoms with van der Waals surface area (Å²) < 4.78 is 5.45. The summed E-state index contributed by atoms with van der Waals surface area (Å²) in [6.07, 6.45) is 0.817. The molecule has 0 bridgehead atoms. The molecule has 0 saturated carbocycles. The number of carbonyl (C=O) groups is 1. The highest BCUT2D eigenvalue weighted by molar-refractivity contribution is 5.95. The van der Waals surface area contributed by atoms with Crippen molar-refractivity contribution in [1.82, 2.24) is 4.98 Å². The lowest BCUT2D eigenvalue weighted by atomic mass is 9.96. The van der Waals surface area contributed by atoms with Gasteiger partial charge in [0.2, 0.25) is 0 Å². The summed E-state index contributed by atoms with van der Waals surface area (Å²) in [6, 6.07) is 15.2. The van der Waals surface area contributed by atoms with Crippen molar-refractivity contribution in [3.63, 3.8) is 0 Å². The van der Waals surface area contributed by atoms with E-state index >= 15 is 0 Å². The number of benzene rings is 2. The molecule has 2 heterocycles. The lowest BCUT2D eigenvalue weighted by molar-refractivity contribution is 0.0457. The number of cyclic esters (lactones) is 1. The minimum Gasteiger partial charge on any atom is -0.449 e. The molecule has 4 nitrogen and oxygen atoms in total. The SMILES string of the molecule is O=C1OC(c2cccc3ccccc23)c2c1cc[nH]c2=O. The molecule has 2 aromatic carbocycles. The number of nitrogens with one attached hydrogen (secondary N) is 1. The van der Waals surface area contributed by atoms with Crippen molar-refractivity contribution < 1.29 is 9.53 Å². The summed E-state index contributed by atoms with van der Waals surface area (Å²) in [5.74, 6) is -0.450. The van der Waals surface area contributed by atoms with Crippen molar-refractivity contribution in [1.29, 1.82) is 0 Å². The van der Waals surface area contributed by atoms with Crippen LogP contribution in [-0.4, -0.2) is 11.0 Å². The zero-order valence-electron chi connectivity index (χ0n) is 11.0. The Balaban J connectivity index is 2.01. The molecule has 0 fully saturated rings. The van der Waals surface area contributed by atoms with E-state index < -0.39 is 12.1 Å². The quantitative estimate of drug-likeness (QED) is 0.696. The topological polar surface area (TPSA) is 59.2 Å². The molecule has 1 aliphatic heterocycles. The van der Waals surface area contributed by atoms with Crippen LogP contribution in [0, 0.1) is 0 Å². The van der Waals surface area contributed by atoms with E-state index in [1.807, 2.05) is 42.5 Å². The molecule has 102 valence electrons. The highest BCUT2D eigenvalue weighted by atomic mass is 16.5. The summed E-state index contributed by atoms with van der Waals surface area (Å²) in [7, 11) is 0. The lowest BCUT2D eigenvalue weighted by Gasteiger charge is -2.13. The molecule has 3 aromatic rings. The van der Waals surface area contributed by atoms with Crippen molar-refractivity contribution in [2.45, 2.75) is 6.10 Å². The Labute approximate surface area is 120 Å². The zero-order valence-corrected chi connectivity index (χ0v) is 11.0. The van der Waals surface area contributed by atoms with Gasteiger partial charge in [-0.15, -0.1) is 0 Å². The van der Waals surface area contributed by atoms with Gasteiger partial charge < -0.3 is 9.72 Å². The first-order valence-corrected chi connectivity index (χ1v) is 6.66. The number of rotatable bonds is 1. The van der Waals surface area contributed by atoms with Gasteiger partial charge >= 0.3 is 5.97 Å². The summed E-state index contributed by atoms with van der Waals surface area (Å²) in [4.78, 5) is 26.7. The second-order valence-electron chi connectivity index (χ2n) is 4.99. The van der Waals surface area contributed by atoms with Gasteiger partial charge in [0.1, 0.15) is 0 Å². The minimum absolute atomic E-state index is 0.281. The summed E-state index contributed by atoms with van der Waals surface area (Å²) in [6.45, 7) is 0. The van der Waals surface area contributed by atoms with Crippen molar-refractivity contribution in [3.05, 3.63) is 81.8 Å². The second kappa shape index (κ2) is 4.31. The second-order valence-corrected chi connectivity index (χ2v) is 4.99. The third kappa shape index (κ3) is 1.69. The van der Waals surface area contributed by atoms with Gasteiger partial charge in [-0.3, -0.25) is 4.79 Å². The number of aromatic amines is 1. The number of fused-ring (bicyclic) bond motifs is 2. The van der Waals surface area contributed by atoms with E-state index in [4.69, 9.17) is 4.74 Å². The number of pyridine rings is 1. The Hall–Kier alpha value is -2.88. The molecule has 1 aromatic heterocycles. The Morgan fingerprint density at radius 1 is 0.952 bits per heavy atom. The highest BCUT2D eigenvalue weighted by Crippen LogP contribution is 2.36. The number of esters is 1. The van der Waals surface area contributed by atoms with Gasteiger partial charge in [0, 0.05) is 11.8 Å². The average Bonchev–Trinajstić information content (AvgIpc) is 2.85. The Kier molecular flexibility index (Phi) is 2.44. The fraction of sp³-hybridized carbons (Fsp3) is 0.0588. The maximum Gasteiger partial charge on any atom is 0.339 e. The molecule has 0 spiro atoms. The van der Waals surface area contributed by atoms with E-state index in [1.54, 1.807) is 6.07 Å². The normalized spacial score (nSPS) is 16.8. The molecular formula is C17H11NO3. The van der Waals surface area contributed by atoms with Gasteiger partial charge in [-0.25, -0.2) is 4.79 Å². The van der Waals surface area contributed by atoms with Crippen molar-refractivity contribution >= 4 is 16.7 Å². The van der Waals surface area contributed by atoms with E-state index in [-0.39, 0.29) is 5.56 Å². The lowest BCUT2D eigenvalue weighted by Crippen LogP contribution is -2.15. The van der Waals surface area contributed by atoms with Crippen LogP contribution in [0.15, 0.2) is 59.5 Å². The van der Waals surface area contributed by atoms with E-state index in [0.717, 1.165) is 16.3 Å². The van der Waals surface area contributed by atoms with Crippen LogP contribution in [0.5, 0.6) is 0 Å². The monoisotopic (exact) mass is 277 g/mol. The molecule has 1 aliphatic rings. The first kappa shape index (κ1) is 11.9. The summed E-state index contributed by atoms with van der Waals surface area (Å²) in [5.41, 5.74) is 1.28. The van der Waals surface area contributed by atoms with Crippen molar-refractivity contribution in [2.24, 2.45) is 0 Å². The largest absolute Gasteiger partial charge is 0.449 e. The number of hydrogen-bond acceptors (Lipinski definition) is 3. The number of hydrogen-bond donors (Lipinski definition) is 1. The van der Waals surface area contributed by atoms with Crippen LogP contribution < -0.4 is 5.56 Å². The number of H-pyrrole nitrogens is 1. The van der Waals surface area contributed by atoms with Crippen LogP contribution in [0.1, 0.15) is 27.6 Å². The molecule has 1 atom stereocenters. The van der Waals surface area contributed by atoms with Gasteiger partial charge in [-0.05, 0) is 16.8 Å². The summed E-state index contributed by atoms with van der Waals surface area (Å²) >= 11 is 0. The predicted molar refractivity (Wildman–Crippen MR) is 78.3 cm³/mol. The molecule has 4 rings (SSSR count). The molecule has 1 unspecified atom stereocenters. The fourth-order valence-electron chi connectivity index (χ4n) is 2.86. The fourth-order valence-corrected chi connectivity index (χ4v) is 2.86. The molecule has 0 amide bonds. The number of ether oxygens (including phenoxy) is 1. The maximum atomic E-state index is 12.1.